The molecule has 0 fully saturated rings. The van der Waals surface area contributed by atoms with Gasteiger partial charge in [-0.05, 0) is 23.1 Å². The van der Waals surface area contributed by atoms with Crippen molar-refractivity contribution in [2.75, 3.05) is 0 Å². The molecule has 2 aromatic carbocycles. The first-order valence-corrected chi connectivity index (χ1v) is 5.24. The van der Waals surface area contributed by atoms with Crippen LogP contribution < -0.4 is 4.74 Å². The second-order valence-electron chi connectivity index (χ2n) is 2.99. The molecular formula is C12H8Cl2O. The summed E-state index contributed by atoms with van der Waals surface area (Å²) in [7, 11) is 0. The van der Waals surface area contributed by atoms with Crippen LogP contribution >= 0.6 is 23.2 Å². The van der Waals surface area contributed by atoms with Crippen LogP contribution in [0.3, 0.4) is 0 Å². The molecule has 0 amide bonds. The Kier molecular flexibility index (Phi) is 3.14. The van der Waals surface area contributed by atoms with Gasteiger partial charge in [0.1, 0.15) is 5.75 Å². The van der Waals surface area contributed by atoms with Crippen LogP contribution in [0.4, 0.5) is 0 Å². The van der Waals surface area contributed by atoms with Crippen LogP contribution in [0.5, 0.6) is 5.75 Å². The van der Waals surface area contributed by atoms with Gasteiger partial charge >= 0.3 is 0 Å². The average molecular weight is 239 g/mol. The van der Waals surface area contributed by atoms with Crippen molar-refractivity contribution in [3.05, 3.63) is 53.2 Å². The fourth-order valence-electron chi connectivity index (χ4n) is 1.41. The van der Waals surface area contributed by atoms with E-state index in [2.05, 4.69) is 0 Å². The minimum atomic E-state index is 0.160. The molecule has 0 aromatic heterocycles. The van der Waals surface area contributed by atoms with Gasteiger partial charge in [0.25, 0.3) is 0 Å². The zero-order chi connectivity index (χ0) is 10.7. The molecule has 76 valence electrons. The van der Waals surface area contributed by atoms with E-state index in [1.54, 1.807) is 0 Å². The van der Waals surface area contributed by atoms with Crippen molar-refractivity contribution in [1.82, 2.24) is 0 Å². The topological polar surface area (TPSA) is 9.23 Å². The Hall–Kier alpha value is -1.18. The monoisotopic (exact) mass is 238 g/mol. The molecule has 0 unspecified atom stereocenters. The molecule has 0 aliphatic rings. The van der Waals surface area contributed by atoms with E-state index in [-0.39, 0.29) is 5.22 Å². The summed E-state index contributed by atoms with van der Waals surface area (Å²) in [6.07, 6.45) is 0. The average Bonchev–Trinajstić information content (AvgIpc) is 2.29. The van der Waals surface area contributed by atoms with Gasteiger partial charge < -0.3 is 4.74 Å². The molecule has 0 saturated heterocycles. The molecule has 0 bridgehead atoms. The van der Waals surface area contributed by atoms with Gasteiger partial charge in [0.2, 0.25) is 5.22 Å². The third-order valence-corrected chi connectivity index (χ3v) is 2.54. The van der Waals surface area contributed by atoms with Crippen LogP contribution in [0, 0.1) is 0 Å². The molecule has 1 nitrogen and oxygen atoms in total. The number of benzene rings is 2. The van der Waals surface area contributed by atoms with Crippen LogP contribution in [-0.4, -0.2) is 0 Å². The Morgan fingerprint density at radius 3 is 2.60 bits per heavy atom. The van der Waals surface area contributed by atoms with Crippen LogP contribution in [0.2, 0.25) is 0 Å². The first-order valence-electron chi connectivity index (χ1n) is 4.43. The van der Waals surface area contributed by atoms with E-state index < -0.39 is 0 Å². The number of ether oxygens (including phenoxy) is 1. The Morgan fingerprint density at radius 2 is 1.80 bits per heavy atom. The van der Waals surface area contributed by atoms with Gasteiger partial charge in [-0.3, -0.25) is 0 Å². The third kappa shape index (κ3) is 2.25. The number of halogens is 2. The standard InChI is InChI=1S/C12H8Cl2O/c13-8-12(14)15-11-7-3-5-9-4-1-2-6-10(9)11/h1-8H/b12-8+. The predicted octanol–water partition coefficient (Wildman–Crippen LogP) is 4.50. The highest BCUT2D eigenvalue weighted by Gasteiger charge is 2.02. The van der Waals surface area contributed by atoms with Crippen molar-refractivity contribution < 1.29 is 4.74 Å². The smallest absolute Gasteiger partial charge is 0.205 e. The first kappa shape index (κ1) is 10.3. The third-order valence-electron chi connectivity index (χ3n) is 2.04. The highest BCUT2D eigenvalue weighted by Crippen LogP contribution is 2.27. The number of hydrogen-bond acceptors (Lipinski definition) is 1. The Morgan fingerprint density at radius 1 is 1.07 bits per heavy atom. The SMILES string of the molecule is Cl/C=C(\Cl)Oc1cccc2ccccc12. The molecule has 0 aliphatic carbocycles. The van der Waals surface area contributed by atoms with E-state index in [0.29, 0.717) is 5.75 Å². The fraction of sp³-hybridized carbons (Fsp3) is 0. The molecule has 0 N–H and O–H groups in total. The van der Waals surface area contributed by atoms with E-state index in [9.17, 15) is 0 Å². The lowest BCUT2D eigenvalue weighted by Crippen LogP contribution is -1.88. The van der Waals surface area contributed by atoms with Crippen molar-refractivity contribution in [2.24, 2.45) is 0 Å². The van der Waals surface area contributed by atoms with Gasteiger partial charge in [-0.25, -0.2) is 0 Å². The number of rotatable bonds is 2. The van der Waals surface area contributed by atoms with Crippen molar-refractivity contribution in [1.29, 1.82) is 0 Å². The molecule has 2 aromatic rings. The highest BCUT2D eigenvalue weighted by molar-refractivity contribution is 6.35. The van der Waals surface area contributed by atoms with Gasteiger partial charge in [-0.1, -0.05) is 48.0 Å². The van der Waals surface area contributed by atoms with Crippen LogP contribution in [-0.2, 0) is 0 Å². The summed E-state index contributed by atoms with van der Waals surface area (Å²) >= 11 is 11.1. The van der Waals surface area contributed by atoms with Gasteiger partial charge in [-0.15, -0.1) is 0 Å². The zero-order valence-electron chi connectivity index (χ0n) is 7.78. The molecule has 0 spiro atoms. The summed E-state index contributed by atoms with van der Waals surface area (Å²) in [5.41, 5.74) is 1.20. The molecule has 0 saturated carbocycles. The molecule has 0 radical (unpaired) electrons. The zero-order valence-corrected chi connectivity index (χ0v) is 9.29. The van der Waals surface area contributed by atoms with E-state index in [0.717, 1.165) is 10.8 Å². The van der Waals surface area contributed by atoms with Gasteiger partial charge in [0.05, 0.1) is 5.54 Å². The lowest BCUT2D eigenvalue weighted by molar-refractivity contribution is 0.469. The van der Waals surface area contributed by atoms with E-state index in [1.165, 1.54) is 5.54 Å². The summed E-state index contributed by atoms with van der Waals surface area (Å²) in [6, 6.07) is 13.7. The predicted molar refractivity (Wildman–Crippen MR) is 64.4 cm³/mol. The number of hydrogen-bond donors (Lipinski definition) is 0. The van der Waals surface area contributed by atoms with Crippen LogP contribution in [0.15, 0.2) is 53.2 Å². The number of fused-ring (bicyclic) bond motifs is 1. The van der Waals surface area contributed by atoms with Gasteiger partial charge in [0.15, 0.2) is 0 Å². The maximum Gasteiger partial charge on any atom is 0.205 e. The summed E-state index contributed by atoms with van der Waals surface area (Å²) in [6.45, 7) is 0. The van der Waals surface area contributed by atoms with Crippen molar-refractivity contribution in [3.8, 4) is 5.75 Å². The molecule has 0 heterocycles. The minimum absolute atomic E-state index is 0.160. The van der Waals surface area contributed by atoms with E-state index in [4.69, 9.17) is 27.9 Å². The second-order valence-corrected chi connectivity index (χ2v) is 3.58. The molecule has 2 rings (SSSR count). The van der Waals surface area contributed by atoms with E-state index in [1.807, 2.05) is 42.5 Å². The van der Waals surface area contributed by atoms with Crippen molar-refractivity contribution in [3.63, 3.8) is 0 Å². The second kappa shape index (κ2) is 4.56. The Bertz CT molecular complexity index is 500. The Balaban J connectivity index is 2.51. The first-order chi connectivity index (χ1) is 7.31. The summed E-state index contributed by atoms with van der Waals surface area (Å²) < 4.78 is 5.37. The fourth-order valence-corrected chi connectivity index (χ4v) is 1.54. The van der Waals surface area contributed by atoms with Gasteiger partial charge in [0, 0.05) is 5.39 Å². The Labute approximate surface area is 97.9 Å². The largest absolute Gasteiger partial charge is 0.444 e. The summed E-state index contributed by atoms with van der Waals surface area (Å²) in [4.78, 5) is 0. The quantitative estimate of drug-likeness (QED) is 0.701. The highest BCUT2D eigenvalue weighted by atomic mass is 35.5. The molecule has 0 atom stereocenters. The lowest BCUT2D eigenvalue weighted by atomic mass is 10.1. The summed E-state index contributed by atoms with van der Waals surface area (Å²) in [5, 5.41) is 2.28. The summed E-state index contributed by atoms with van der Waals surface area (Å²) in [5.74, 6) is 0.704. The van der Waals surface area contributed by atoms with Crippen molar-refractivity contribution in [2.45, 2.75) is 0 Å². The molecule has 0 aliphatic heterocycles. The molecular weight excluding hydrogens is 231 g/mol. The molecule has 3 heteroatoms. The van der Waals surface area contributed by atoms with Crippen LogP contribution in [0.1, 0.15) is 0 Å². The van der Waals surface area contributed by atoms with Gasteiger partial charge in [-0.2, -0.15) is 0 Å². The lowest BCUT2D eigenvalue weighted by Gasteiger charge is -2.06. The van der Waals surface area contributed by atoms with E-state index >= 15 is 0 Å². The normalized spacial score (nSPS) is 11.7. The van der Waals surface area contributed by atoms with Crippen molar-refractivity contribution >= 4 is 34.0 Å². The maximum atomic E-state index is 5.71. The minimum Gasteiger partial charge on any atom is -0.444 e. The maximum absolute atomic E-state index is 5.71. The molecule has 15 heavy (non-hydrogen) atoms. The van der Waals surface area contributed by atoms with Crippen LogP contribution in [0.25, 0.3) is 10.8 Å².